The number of hydrogen-bond donors (Lipinski definition) is 0. The summed E-state index contributed by atoms with van der Waals surface area (Å²) in [4.78, 5) is 15.6. The predicted octanol–water partition coefficient (Wildman–Crippen LogP) is 4.38. The number of fused-ring (bicyclic) bond motifs is 1. The van der Waals surface area contributed by atoms with Gasteiger partial charge >= 0.3 is 0 Å². The SMILES string of the molecule is Cc1ccc(S(=O)(=O)n2ccc3c(N(C)C4CC(CSc5ccccn5)C4)ncnc32)cc1. The lowest BCUT2D eigenvalue weighted by Gasteiger charge is -2.41. The molecule has 0 radical (unpaired) electrons. The van der Waals surface area contributed by atoms with Crippen molar-refractivity contribution in [3.63, 3.8) is 0 Å². The third-order valence-electron chi connectivity index (χ3n) is 6.20. The van der Waals surface area contributed by atoms with Gasteiger partial charge < -0.3 is 4.90 Å². The Balaban J connectivity index is 1.33. The zero-order chi connectivity index (χ0) is 23.0. The van der Waals surface area contributed by atoms with E-state index < -0.39 is 10.0 Å². The fourth-order valence-corrected chi connectivity index (χ4v) is 6.47. The van der Waals surface area contributed by atoms with Crippen molar-refractivity contribution < 1.29 is 8.42 Å². The summed E-state index contributed by atoms with van der Waals surface area (Å²) in [6, 6.07) is 15.0. The molecule has 3 aromatic heterocycles. The molecule has 33 heavy (non-hydrogen) atoms. The Morgan fingerprint density at radius 3 is 2.58 bits per heavy atom. The Labute approximate surface area is 197 Å². The topological polar surface area (TPSA) is 81.0 Å². The van der Waals surface area contributed by atoms with E-state index in [0.29, 0.717) is 17.6 Å². The molecule has 5 rings (SSSR count). The van der Waals surface area contributed by atoms with E-state index in [4.69, 9.17) is 0 Å². The molecule has 0 bridgehead atoms. The molecule has 4 aromatic rings. The first-order valence-electron chi connectivity index (χ1n) is 10.8. The number of benzene rings is 1. The number of aryl methyl sites for hydroxylation is 1. The molecule has 170 valence electrons. The van der Waals surface area contributed by atoms with Gasteiger partial charge in [-0.2, -0.15) is 0 Å². The molecule has 1 aliphatic rings. The van der Waals surface area contributed by atoms with Crippen LogP contribution in [0, 0.1) is 12.8 Å². The van der Waals surface area contributed by atoms with Gasteiger partial charge in [0.15, 0.2) is 5.65 Å². The predicted molar refractivity (Wildman–Crippen MR) is 131 cm³/mol. The summed E-state index contributed by atoms with van der Waals surface area (Å²) in [5, 5.41) is 1.80. The second-order valence-corrected chi connectivity index (χ2v) is 11.3. The molecule has 1 aliphatic carbocycles. The number of pyridine rings is 1. The normalized spacial score (nSPS) is 18.2. The van der Waals surface area contributed by atoms with Crippen LogP contribution < -0.4 is 4.90 Å². The quantitative estimate of drug-likeness (QED) is 0.364. The zero-order valence-corrected chi connectivity index (χ0v) is 20.1. The molecule has 0 N–H and O–H groups in total. The van der Waals surface area contributed by atoms with Gasteiger partial charge in [-0.15, -0.1) is 11.8 Å². The van der Waals surface area contributed by atoms with Crippen LogP contribution in [0.1, 0.15) is 18.4 Å². The first kappa shape index (κ1) is 21.9. The van der Waals surface area contributed by atoms with Crippen LogP contribution in [0.25, 0.3) is 11.0 Å². The summed E-state index contributed by atoms with van der Waals surface area (Å²) in [6.45, 7) is 1.93. The Morgan fingerprint density at radius 2 is 1.85 bits per heavy atom. The van der Waals surface area contributed by atoms with Crippen molar-refractivity contribution in [2.75, 3.05) is 17.7 Å². The molecule has 0 atom stereocenters. The van der Waals surface area contributed by atoms with E-state index in [1.807, 2.05) is 38.4 Å². The van der Waals surface area contributed by atoms with Gasteiger partial charge in [0, 0.05) is 31.2 Å². The second kappa shape index (κ2) is 8.79. The van der Waals surface area contributed by atoms with Crippen LogP contribution in [-0.2, 0) is 10.0 Å². The van der Waals surface area contributed by atoms with Gasteiger partial charge in [0.1, 0.15) is 12.1 Å². The van der Waals surface area contributed by atoms with Crippen molar-refractivity contribution in [2.45, 2.75) is 35.7 Å². The van der Waals surface area contributed by atoms with E-state index >= 15 is 0 Å². The largest absolute Gasteiger partial charge is 0.356 e. The molecule has 7 nitrogen and oxygen atoms in total. The number of aromatic nitrogens is 4. The van der Waals surface area contributed by atoms with Crippen molar-refractivity contribution in [3.8, 4) is 0 Å². The lowest BCUT2D eigenvalue weighted by molar-refractivity contribution is 0.286. The molecule has 0 spiro atoms. The van der Waals surface area contributed by atoms with E-state index in [0.717, 1.165) is 40.4 Å². The van der Waals surface area contributed by atoms with Crippen molar-refractivity contribution >= 4 is 38.6 Å². The van der Waals surface area contributed by atoms with Gasteiger partial charge in [-0.05, 0) is 56.0 Å². The maximum Gasteiger partial charge on any atom is 0.269 e. The first-order valence-corrected chi connectivity index (χ1v) is 13.3. The summed E-state index contributed by atoms with van der Waals surface area (Å²) in [6.07, 6.45) is 6.99. The van der Waals surface area contributed by atoms with Crippen LogP contribution in [0.5, 0.6) is 0 Å². The molecule has 3 heterocycles. The summed E-state index contributed by atoms with van der Waals surface area (Å²) in [7, 11) is -1.71. The maximum absolute atomic E-state index is 13.2. The van der Waals surface area contributed by atoms with Gasteiger partial charge in [-0.3, -0.25) is 0 Å². The third kappa shape index (κ3) is 4.22. The van der Waals surface area contributed by atoms with Gasteiger partial charge in [-0.1, -0.05) is 23.8 Å². The average Bonchev–Trinajstić information content (AvgIpc) is 3.24. The Bertz CT molecular complexity index is 1370. The minimum atomic E-state index is -3.74. The van der Waals surface area contributed by atoms with Crippen LogP contribution in [-0.4, -0.2) is 46.2 Å². The van der Waals surface area contributed by atoms with Crippen LogP contribution in [0.4, 0.5) is 5.82 Å². The average molecular weight is 480 g/mol. The Morgan fingerprint density at radius 1 is 1.06 bits per heavy atom. The van der Waals surface area contributed by atoms with E-state index in [2.05, 4.69) is 19.9 Å². The summed E-state index contributed by atoms with van der Waals surface area (Å²) >= 11 is 1.80. The molecule has 9 heteroatoms. The van der Waals surface area contributed by atoms with E-state index in [9.17, 15) is 8.42 Å². The highest BCUT2D eigenvalue weighted by Crippen LogP contribution is 2.38. The van der Waals surface area contributed by atoms with E-state index in [1.54, 1.807) is 48.3 Å². The van der Waals surface area contributed by atoms with Gasteiger partial charge in [-0.25, -0.2) is 27.3 Å². The maximum atomic E-state index is 13.2. The molecule has 1 fully saturated rings. The van der Waals surface area contributed by atoms with Gasteiger partial charge in [0.2, 0.25) is 0 Å². The Hall–Kier alpha value is -2.91. The van der Waals surface area contributed by atoms with Crippen LogP contribution in [0.3, 0.4) is 0 Å². The third-order valence-corrected chi connectivity index (χ3v) is 9.06. The molecule has 0 unspecified atom stereocenters. The molecule has 0 amide bonds. The fraction of sp³-hybridized carbons (Fsp3) is 0.292. The molecule has 0 saturated heterocycles. The summed E-state index contributed by atoms with van der Waals surface area (Å²) < 4.78 is 27.7. The van der Waals surface area contributed by atoms with E-state index in [-0.39, 0.29) is 4.90 Å². The minimum Gasteiger partial charge on any atom is -0.356 e. The minimum absolute atomic E-state index is 0.242. The van der Waals surface area contributed by atoms with E-state index in [1.165, 1.54) is 10.3 Å². The number of nitrogens with zero attached hydrogens (tertiary/aromatic N) is 5. The molecular formula is C24H25N5O2S2. The number of thioether (sulfide) groups is 1. The van der Waals surface area contributed by atoms with Crippen molar-refractivity contribution in [2.24, 2.45) is 5.92 Å². The van der Waals surface area contributed by atoms with Gasteiger partial charge in [0.05, 0.1) is 15.3 Å². The highest BCUT2D eigenvalue weighted by molar-refractivity contribution is 7.99. The summed E-state index contributed by atoms with van der Waals surface area (Å²) in [5.74, 6) is 2.44. The van der Waals surface area contributed by atoms with Crippen LogP contribution in [0.15, 0.2) is 77.2 Å². The first-order chi connectivity index (χ1) is 15.9. The monoisotopic (exact) mass is 479 g/mol. The van der Waals surface area contributed by atoms with Gasteiger partial charge in [0.25, 0.3) is 10.0 Å². The summed E-state index contributed by atoms with van der Waals surface area (Å²) in [5.41, 5.74) is 1.41. The number of anilines is 1. The number of hydrogen-bond acceptors (Lipinski definition) is 7. The Kier molecular flexibility index (Phi) is 5.84. The highest BCUT2D eigenvalue weighted by atomic mass is 32.2. The highest BCUT2D eigenvalue weighted by Gasteiger charge is 2.33. The van der Waals surface area contributed by atoms with Crippen LogP contribution in [0.2, 0.25) is 0 Å². The molecule has 1 aromatic carbocycles. The molecular weight excluding hydrogens is 454 g/mol. The smallest absolute Gasteiger partial charge is 0.269 e. The zero-order valence-electron chi connectivity index (χ0n) is 18.5. The second-order valence-electron chi connectivity index (χ2n) is 8.45. The fourth-order valence-electron chi connectivity index (χ4n) is 4.18. The van der Waals surface area contributed by atoms with Crippen molar-refractivity contribution in [1.82, 2.24) is 18.9 Å². The van der Waals surface area contributed by atoms with Crippen molar-refractivity contribution in [1.29, 1.82) is 0 Å². The molecule has 1 saturated carbocycles. The van der Waals surface area contributed by atoms with Crippen LogP contribution >= 0.6 is 11.8 Å². The standard InChI is InChI=1S/C24H25N5O2S2/c1-17-6-8-20(9-7-17)33(30,31)29-12-10-21-23(26-16-27-24(21)29)28(2)19-13-18(14-19)15-32-22-5-3-4-11-25-22/h3-12,16,18-19H,13-15H2,1-2H3. The lowest BCUT2D eigenvalue weighted by atomic mass is 9.81. The molecule has 0 aliphatic heterocycles. The number of rotatable bonds is 7. The lowest BCUT2D eigenvalue weighted by Crippen LogP contribution is -2.43. The van der Waals surface area contributed by atoms with Crippen molar-refractivity contribution in [3.05, 3.63) is 72.8 Å².